The minimum absolute atomic E-state index is 0.0845. The fourth-order valence-electron chi connectivity index (χ4n) is 3.50. The van der Waals surface area contributed by atoms with E-state index >= 15 is 0 Å². The van der Waals surface area contributed by atoms with E-state index in [4.69, 9.17) is 0 Å². The van der Waals surface area contributed by atoms with Gasteiger partial charge in [-0.05, 0) is 42.3 Å². The number of nitrogens with one attached hydrogen (secondary N) is 3. The Morgan fingerprint density at radius 3 is 2.94 bits per heavy atom. The summed E-state index contributed by atoms with van der Waals surface area (Å²) >= 11 is 0. The molecular formula is C22H18FN7O. The van der Waals surface area contributed by atoms with Crippen LogP contribution < -0.4 is 5.32 Å². The Hall–Kier alpha value is -4.14. The van der Waals surface area contributed by atoms with Crippen molar-refractivity contribution in [2.45, 2.75) is 19.8 Å². The molecule has 0 aliphatic heterocycles. The first-order valence-corrected chi connectivity index (χ1v) is 9.86. The summed E-state index contributed by atoms with van der Waals surface area (Å²) in [6, 6.07) is 8.68. The summed E-state index contributed by atoms with van der Waals surface area (Å²) in [5.74, 6) is -0.0326. The normalized spacial score (nSPS) is 11.3. The van der Waals surface area contributed by atoms with Gasteiger partial charge in [0.15, 0.2) is 17.3 Å². The largest absolute Gasteiger partial charge is 0.335 e. The van der Waals surface area contributed by atoms with E-state index in [0.717, 1.165) is 11.9 Å². The van der Waals surface area contributed by atoms with E-state index < -0.39 is 5.82 Å². The molecule has 0 spiro atoms. The summed E-state index contributed by atoms with van der Waals surface area (Å²) in [4.78, 5) is 28.0. The Morgan fingerprint density at radius 2 is 2.10 bits per heavy atom. The van der Waals surface area contributed by atoms with Crippen LogP contribution in [0.3, 0.4) is 0 Å². The Bertz CT molecular complexity index is 1390. The summed E-state index contributed by atoms with van der Waals surface area (Å²) < 4.78 is 14.9. The minimum Gasteiger partial charge on any atom is -0.335 e. The third-order valence-electron chi connectivity index (χ3n) is 4.94. The van der Waals surface area contributed by atoms with Crippen LogP contribution in [0, 0.1) is 5.82 Å². The Labute approximate surface area is 176 Å². The van der Waals surface area contributed by atoms with Gasteiger partial charge in [0.2, 0.25) is 5.91 Å². The highest BCUT2D eigenvalue weighted by Crippen LogP contribution is 2.32. The van der Waals surface area contributed by atoms with Crippen molar-refractivity contribution in [3.8, 4) is 22.6 Å². The number of fused-ring (bicyclic) bond motifs is 2. The highest BCUT2D eigenvalue weighted by Gasteiger charge is 2.17. The van der Waals surface area contributed by atoms with Gasteiger partial charge in [0, 0.05) is 29.8 Å². The van der Waals surface area contributed by atoms with Gasteiger partial charge in [0.05, 0.1) is 17.4 Å². The lowest BCUT2D eigenvalue weighted by molar-refractivity contribution is -0.116. The summed E-state index contributed by atoms with van der Waals surface area (Å²) in [7, 11) is 0. The average Bonchev–Trinajstić information content (AvgIpc) is 3.38. The molecule has 1 amide bonds. The average molecular weight is 415 g/mol. The Morgan fingerprint density at radius 1 is 1.19 bits per heavy atom. The zero-order chi connectivity index (χ0) is 21.4. The van der Waals surface area contributed by atoms with Gasteiger partial charge in [-0.25, -0.2) is 14.4 Å². The van der Waals surface area contributed by atoms with Gasteiger partial charge in [0.1, 0.15) is 11.2 Å². The lowest BCUT2D eigenvalue weighted by atomic mass is 10.0. The Balaban J connectivity index is 1.58. The van der Waals surface area contributed by atoms with Gasteiger partial charge in [-0.2, -0.15) is 5.10 Å². The van der Waals surface area contributed by atoms with Crippen LogP contribution in [0.25, 0.3) is 44.7 Å². The monoisotopic (exact) mass is 415 g/mol. The molecule has 0 bridgehead atoms. The second-order valence-corrected chi connectivity index (χ2v) is 7.17. The number of H-pyrrole nitrogens is 2. The van der Waals surface area contributed by atoms with Crippen molar-refractivity contribution in [2.75, 3.05) is 5.32 Å². The quantitative estimate of drug-likeness (QED) is 0.393. The van der Waals surface area contributed by atoms with Crippen LogP contribution in [0.5, 0.6) is 0 Å². The van der Waals surface area contributed by atoms with Crippen molar-refractivity contribution in [1.82, 2.24) is 30.1 Å². The Kier molecular flexibility index (Phi) is 4.62. The van der Waals surface area contributed by atoms with Crippen molar-refractivity contribution >= 4 is 33.7 Å². The van der Waals surface area contributed by atoms with Gasteiger partial charge in [0.25, 0.3) is 0 Å². The fourth-order valence-corrected chi connectivity index (χ4v) is 3.50. The van der Waals surface area contributed by atoms with E-state index in [1.807, 2.05) is 25.1 Å². The first-order chi connectivity index (χ1) is 15.1. The number of carbonyl (C=O) groups is 1. The van der Waals surface area contributed by atoms with Gasteiger partial charge in [-0.3, -0.25) is 14.9 Å². The van der Waals surface area contributed by atoms with Crippen molar-refractivity contribution in [2.24, 2.45) is 0 Å². The number of hydrogen-bond acceptors (Lipinski definition) is 5. The second-order valence-electron chi connectivity index (χ2n) is 7.17. The molecule has 4 heterocycles. The highest BCUT2D eigenvalue weighted by molar-refractivity contribution is 5.96. The van der Waals surface area contributed by atoms with Crippen LogP contribution in [-0.4, -0.2) is 36.0 Å². The standard InChI is InChI=1S/C22H18FN7O/c1-2-4-18(31)26-14-7-13(10-24-11-14)12-8-15-19(16(23)9-12)29-30-20(15)22-27-17-5-3-6-25-21(17)28-22/h3,5-11H,2,4H2,1H3,(H,26,31)(H,29,30)(H,25,27,28). The number of hydrogen-bond donors (Lipinski definition) is 3. The molecule has 8 nitrogen and oxygen atoms in total. The topological polar surface area (TPSA) is 112 Å². The summed E-state index contributed by atoms with van der Waals surface area (Å²) in [6.07, 6.45) is 6.03. The zero-order valence-electron chi connectivity index (χ0n) is 16.6. The molecule has 154 valence electrons. The number of imidazole rings is 1. The van der Waals surface area contributed by atoms with Gasteiger partial charge < -0.3 is 10.3 Å². The SMILES string of the molecule is CCCC(=O)Nc1cncc(-c2cc(F)c3n[nH]c(-c4nc5ncccc5[nH]4)c3c2)c1. The third-order valence-corrected chi connectivity index (χ3v) is 4.94. The van der Waals surface area contributed by atoms with E-state index in [9.17, 15) is 9.18 Å². The fraction of sp³-hybridized carbons (Fsp3) is 0.136. The molecule has 4 aromatic heterocycles. The molecule has 5 rings (SSSR count). The molecule has 0 saturated carbocycles. The summed E-state index contributed by atoms with van der Waals surface area (Å²) in [5.41, 5.74) is 3.97. The number of rotatable bonds is 5. The molecule has 3 N–H and O–H groups in total. The van der Waals surface area contributed by atoms with E-state index in [-0.39, 0.29) is 11.4 Å². The van der Waals surface area contributed by atoms with Gasteiger partial charge >= 0.3 is 0 Å². The highest BCUT2D eigenvalue weighted by atomic mass is 19.1. The number of pyridine rings is 2. The van der Waals surface area contributed by atoms with Crippen molar-refractivity contribution < 1.29 is 9.18 Å². The van der Waals surface area contributed by atoms with E-state index in [2.05, 4.69) is 35.5 Å². The molecular weight excluding hydrogens is 397 g/mol. The van der Waals surface area contributed by atoms with E-state index in [0.29, 0.717) is 45.8 Å². The molecule has 31 heavy (non-hydrogen) atoms. The van der Waals surface area contributed by atoms with Gasteiger partial charge in [-0.1, -0.05) is 6.92 Å². The summed E-state index contributed by atoms with van der Waals surface area (Å²) in [6.45, 7) is 1.94. The lowest BCUT2D eigenvalue weighted by Gasteiger charge is -2.07. The van der Waals surface area contributed by atoms with E-state index in [1.165, 1.54) is 6.07 Å². The molecule has 5 aromatic rings. The van der Waals surface area contributed by atoms with Crippen molar-refractivity contribution in [3.05, 3.63) is 54.7 Å². The maximum atomic E-state index is 14.9. The second kappa shape index (κ2) is 7.60. The number of benzene rings is 1. The molecule has 0 fully saturated rings. The molecule has 1 aromatic carbocycles. The maximum Gasteiger partial charge on any atom is 0.224 e. The molecule has 0 atom stereocenters. The number of nitrogens with zero attached hydrogens (tertiary/aromatic N) is 4. The number of halogens is 1. The zero-order valence-corrected chi connectivity index (χ0v) is 16.6. The molecule has 0 aliphatic carbocycles. The summed E-state index contributed by atoms with van der Waals surface area (Å²) in [5, 5.41) is 10.4. The van der Waals surface area contributed by atoms with Crippen LogP contribution in [-0.2, 0) is 4.79 Å². The number of aromatic amines is 2. The van der Waals surface area contributed by atoms with Crippen LogP contribution >= 0.6 is 0 Å². The number of anilines is 1. The molecule has 9 heteroatoms. The molecule has 0 radical (unpaired) electrons. The smallest absolute Gasteiger partial charge is 0.224 e. The van der Waals surface area contributed by atoms with Crippen LogP contribution in [0.1, 0.15) is 19.8 Å². The van der Waals surface area contributed by atoms with Crippen molar-refractivity contribution in [3.63, 3.8) is 0 Å². The third kappa shape index (κ3) is 3.50. The molecule has 0 saturated heterocycles. The number of aromatic nitrogens is 6. The molecule has 0 unspecified atom stereocenters. The number of carbonyl (C=O) groups excluding carboxylic acids is 1. The van der Waals surface area contributed by atoms with E-state index in [1.54, 1.807) is 24.7 Å². The van der Waals surface area contributed by atoms with Crippen LogP contribution in [0.15, 0.2) is 48.9 Å². The first kappa shape index (κ1) is 18.9. The maximum absolute atomic E-state index is 14.9. The lowest BCUT2D eigenvalue weighted by Crippen LogP contribution is -2.10. The predicted molar refractivity (Wildman–Crippen MR) is 116 cm³/mol. The van der Waals surface area contributed by atoms with Crippen LogP contribution in [0.2, 0.25) is 0 Å². The molecule has 0 aliphatic rings. The number of amides is 1. The van der Waals surface area contributed by atoms with Crippen LogP contribution in [0.4, 0.5) is 10.1 Å². The van der Waals surface area contributed by atoms with Gasteiger partial charge in [-0.15, -0.1) is 0 Å². The van der Waals surface area contributed by atoms with Crippen molar-refractivity contribution in [1.29, 1.82) is 0 Å². The minimum atomic E-state index is -0.468. The first-order valence-electron chi connectivity index (χ1n) is 9.86. The predicted octanol–water partition coefficient (Wildman–Crippen LogP) is 4.44.